The van der Waals surface area contributed by atoms with Crippen molar-refractivity contribution in [1.29, 1.82) is 0 Å². The van der Waals surface area contributed by atoms with E-state index in [9.17, 15) is 18.0 Å². The SMILES string of the molecule is O=C(O[C@H](c1ccccc1)C(F)(F)F)c1ccccc1. The Morgan fingerprint density at radius 3 is 1.90 bits per heavy atom. The largest absolute Gasteiger partial charge is 0.444 e. The molecule has 104 valence electrons. The Morgan fingerprint density at radius 1 is 0.900 bits per heavy atom. The van der Waals surface area contributed by atoms with Crippen LogP contribution in [0, 0.1) is 0 Å². The second-order valence-electron chi connectivity index (χ2n) is 4.10. The van der Waals surface area contributed by atoms with E-state index in [1.165, 1.54) is 36.4 Å². The standard InChI is InChI=1S/C15H11F3O2/c16-15(17,18)13(11-7-3-1-4-8-11)20-14(19)12-9-5-2-6-10-12/h1-10,13H/t13-/m1/s1. The highest BCUT2D eigenvalue weighted by Crippen LogP contribution is 2.36. The summed E-state index contributed by atoms with van der Waals surface area (Å²) in [7, 11) is 0. The Bertz CT molecular complexity index is 565. The second-order valence-corrected chi connectivity index (χ2v) is 4.10. The molecule has 0 amide bonds. The Labute approximate surface area is 113 Å². The van der Waals surface area contributed by atoms with Gasteiger partial charge in [0, 0.05) is 5.56 Å². The van der Waals surface area contributed by atoms with Crippen LogP contribution in [-0.4, -0.2) is 12.1 Å². The summed E-state index contributed by atoms with van der Waals surface area (Å²) < 4.78 is 43.6. The van der Waals surface area contributed by atoms with Crippen molar-refractivity contribution in [2.75, 3.05) is 0 Å². The molecule has 0 saturated carbocycles. The first-order valence-electron chi connectivity index (χ1n) is 5.86. The van der Waals surface area contributed by atoms with Gasteiger partial charge in [-0.05, 0) is 12.1 Å². The zero-order valence-electron chi connectivity index (χ0n) is 10.3. The van der Waals surface area contributed by atoms with Crippen LogP contribution in [-0.2, 0) is 4.74 Å². The summed E-state index contributed by atoms with van der Waals surface area (Å²) in [5.74, 6) is -1.00. The monoisotopic (exact) mass is 280 g/mol. The molecule has 0 saturated heterocycles. The number of esters is 1. The van der Waals surface area contributed by atoms with Crippen molar-refractivity contribution in [3.63, 3.8) is 0 Å². The van der Waals surface area contributed by atoms with E-state index in [0.29, 0.717) is 0 Å². The smallest absolute Gasteiger partial charge is 0.429 e. The third-order valence-electron chi connectivity index (χ3n) is 2.63. The normalized spacial score (nSPS) is 12.8. The number of hydrogen-bond donors (Lipinski definition) is 0. The van der Waals surface area contributed by atoms with Crippen LogP contribution in [0.25, 0.3) is 0 Å². The van der Waals surface area contributed by atoms with E-state index < -0.39 is 18.2 Å². The predicted molar refractivity (Wildman–Crippen MR) is 67.1 cm³/mol. The number of ether oxygens (including phenoxy) is 1. The molecule has 1 atom stereocenters. The summed E-state index contributed by atoms with van der Waals surface area (Å²) in [4.78, 5) is 11.8. The molecule has 0 radical (unpaired) electrons. The number of hydrogen-bond acceptors (Lipinski definition) is 2. The Kier molecular flexibility index (Phi) is 4.08. The molecule has 20 heavy (non-hydrogen) atoms. The fraction of sp³-hybridized carbons (Fsp3) is 0.133. The number of halogens is 3. The van der Waals surface area contributed by atoms with Gasteiger partial charge in [-0.15, -0.1) is 0 Å². The maximum absolute atomic E-state index is 13.0. The van der Waals surface area contributed by atoms with Gasteiger partial charge in [0.05, 0.1) is 5.56 Å². The summed E-state index contributed by atoms with van der Waals surface area (Å²) in [6, 6.07) is 14.7. The summed E-state index contributed by atoms with van der Waals surface area (Å²) in [6.07, 6.45) is -6.93. The van der Waals surface area contributed by atoms with E-state index in [4.69, 9.17) is 0 Å². The van der Waals surface area contributed by atoms with E-state index in [2.05, 4.69) is 4.74 Å². The lowest BCUT2D eigenvalue weighted by Gasteiger charge is -2.21. The molecule has 2 rings (SSSR count). The molecule has 0 aliphatic heterocycles. The minimum atomic E-state index is -4.66. The van der Waals surface area contributed by atoms with Crippen LogP contribution in [0.5, 0.6) is 0 Å². The van der Waals surface area contributed by atoms with Gasteiger partial charge in [0.25, 0.3) is 0 Å². The predicted octanol–water partition coefficient (Wildman–Crippen LogP) is 4.15. The number of rotatable bonds is 3. The van der Waals surface area contributed by atoms with Crippen LogP contribution < -0.4 is 0 Å². The van der Waals surface area contributed by atoms with Gasteiger partial charge in [-0.3, -0.25) is 0 Å². The van der Waals surface area contributed by atoms with Gasteiger partial charge in [-0.2, -0.15) is 13.2 Å². The molecule has 0 aromatic heterocycles. The number of alkyl halides is 3. The molecule has 0 heterocycles. The lowest BCUT2D eigenvalue weighted by molar-refractivity contribution is -0.207. The third-order valence-corrected chi connectivity index (χ3v) is 2.63. The van der Waals surface area contributed by atoms with E-state index in [0.717, 1.165) is 0 Å². The molecular weight excluding hydrogens is 269 g/mol. The summed E-state index contributed by atoms with van der Waals surface area (Å²) in [5.41, 5.74) is -0.0260. The van der Waals surface area contributed by atoms with Crippen molar-refractivity contribution in [3.05, 3.63) is 71.8 Å². The zero-order chi connectivity index (χ0) is 14.6. The highest BCUT2D eigenvalue weighted by atomic mass is 19.4. The first kappa shape index (κ1) is 14.1. The molecule has 5 heteroatoms. The fourth-order valence-corrected chi connectivity index (χ4v) is 1.70. The van der Waals surface area contributed by atoms with Crippen LogP contribution in [0.3, 0.4) is 0 Å². The van der Waals surface area contributed by atoms with E-state index >= 15 is 0 Å². The molecule has 0 aliphatic carbocycles. The Hall–Kier alpha value is -2.30. The number of carbonyl (C=O) groups excluding carboxylic acids is 1. The van der Waals surface area contributed by atoms with E-state index in [1.807, 2.05) is 0 Å². The topological polar surface area (TPSA) is 26.3 Å². The molecule has 0 aliphatic rings. The van der Waals surface area contributed by atoms with Gasteiger partial charge in [-0.25, -0.2) is 4.79 Å². The molecule has 0 fully saturated rings. The lowest BCUT2D eigenvalue weighted by atomic mass is 10.1. The molecular formula is C15H11F3O2. The van der Waals surface area contributed by atoms with Gasteiger partial charge in [-0.1, -0.05) is 48.5 Å². The highest BCUT2D eigenvalue weighted by molar-refractivity contribution is 5.89. The van der Waals surface area contributed by atoms with Gasteiger partial charge < -0.3 is 4.74 Å². The van der Waals surface area contributed by atoms with Gasteiger partial charge >= 0.3 is 12.1 Å². The summed E-state index contributed by atoms with van der Waals surface area (Å²) in [6.45, 7) is 0. The molecule has 0 bridgehead atoms. The van der Waals surface area contributed by atoms with Crippen LogP contribution in [0.2, 0.25) is 0 Å². The maximum Gasteiger partial charge on any atom is 0.429 e. The van der Waals surface area contributed by atoms with Gasteiger partial charge in [0.1, 0.15) is 0 Å². The van der Waals surface area contributed by atoms with Crippen molar-refractivity contribution in [1.82, 2.24) is 0 Å². The van der Waals surface area contributed by atoms with E-state index in [1.54, 1.807) is 24.3 Å². The fourth-order valence-electron chi connectivity index (χ4n) is 1.70. The van der Waals surface area contributed by atoms with Crippen molar-refractivity contribution >= 4 is 5.97 Å². The van der Waals surface area contributed by atoms with Crippen LogP contribution in [0.1, 0.15) is 22.0 Å². The first-order valence-corrected chi connectivity index (χ1v) is 5.86. The van der Waals surface area contributed by atoms with Crippen LogP contribution in [0.4, 0.5) is 13.2 Å². The lowest BCUT2D eigenvalue weighted by Crippen LogP contribution is -2.26. The summed E-state index contributed by atoms with van der Waals surface area (Å²) in [5, 5.41) is 0. The second kappa shape index (κ2) is 5.77. The van der Waals surface area contributed by atoms with E-state index in [-0.39, 0.29) is 11.1 Å². The zero-order valence-corrected chi connectivity index (χ0v) is 10.3. The molecule has 0 N–H and O–H groups in total. The van der Waals surface area contributed by atoms with Crippen LogP contribution in [0.15, 0.2) is 60.7 Å². The maximum atomic E-state index is 13.0. The quantitative estimate of drug-likeness (QED) is 0.789. The minimum absolute atomic E-state index is 0.0812. The van der Waals surface area contributed by atoms with Gasteiger partial charge in [0.15, 0.2) is 0 Å². The first-order chi connectivity index (χ1) is 9.48. The van der Waals surface area contributed by atoms with Gasteiger partial charge in [0.2, 0.25) is 6.10 Å². The Morgan fingerprint density at radius 2 is 1.40 bits per heavy atom. The number of carbonyl (C=O) groups is 1. The molecule has 2 aromatic carbocycles. The molecule has 2 nitrogen and oxygen atoms in total. The summed E-state index contributed by atoms with van der Waals surface area (Å²) >= 11 is 0. The highest BCUT2D eigenvalue weighted by Gasteiger charge is 2.44. The minimum Gasteiger partial charge on any atom is -0.444 e. The molecule has 0 unspecified atom stereocenters. The van der Waals surface area contributed by atoms with Crippen molar-refractivity contribution in [3.8, 4) is 0 Å². The Balaban J connectivity index is 2.24. The molecule has 0 spiro atoms. The number of benzene rings is 2. The average Bonchev–Trinajstić information content (AvgIpc) is 2.45. The average molecular weight is 280 g/mol. The molecule has 2 aromatic rings. The van der Waals surface area contributed by atoms with Crippen LogP contribution >= 0.6 is 0 Å². The third kappa shape index (κ3) is 3.38. The van der Waals surface area contributed by atoms with Crippen molar-refractivity contribution in [2.24, 2.45) is 0 Å². The van der Waals surface area contributed by atoms with Crippen molar-refractivity contribution < 1.29 is 22.7 Å². The van der Waals surface area contributed by atoms with Crippen molar-refractivity contribution in [2.45, 2.75) is 12.3 Å².